The molecule has 0 fully saturated rings. The van der Waals surface area contributed by atoms with Gasteiger partial charge >= 0.3 is 0 Å². The van der Waals surface area contributed by atoms with E-state index in [0.717, 1.165) is 10.6 Å². The van der Waals surface area contributed by atoms with E-state index < -0.39 is 34.8 Å². The molecule has 0 radical (unpaired) electrons. The Morgan fingerprint density at radius 2 is 1.93 bits per heavy atom. The van der Waals surface area contributed by atoms with Gasteiger partial charge < -0.3 is 9.30 Å². The third-order valence-electron chi connectivity index (χ3n) is 5.11. The number of amides is 2. The van der Waals surface area contributed by atoms with Crippen LogP contribution in [0.3, 0.4) is 0 Å². The van der Waals surface area contributed by atoms with Gasteiger partial charge in [0.25, 0.3) is 17.5 Å². The van der Waals surface area contributed by atoms with Gasteiger partial charge in [0.2, 0.25) is 0 Å². The quantitative estimate of drug-likeness (QED) is 0.306. The predicted molar refractivity (Wildman–Crippen MR) is 103 cm³/mol. The van der Waals surface area contributed by atoms with E-state index in [1.165, 1.54) is 18.2 Å². The van der Waals surface area contributed by atoms with Crippen molar-refractivity contribution >= 4 is 23.3 Å². The van der Waals surface area contributed by atoms with Gasteiger partial charge in [0.05, 0.1) is 29.7 Å². The van der Waals surface area contributed by atoms with Gasteiger partial charge in [-0.05, 0) is 32.9 Å². The van der Waals surface area contributed by atoms with Crippen LogP contribution in [0.2, 0.25) is 0 Å². The Morgan fingerprint density at radius 3 is 2.55 bits per heavy atom. The Labute approximate surface area is 167 Å². The summed E-state index contributed by atoms with van der Waals surface area (Å²) < 4.78 is 7.14. The SMILES string of the molecule is COC[C@H](C)n1c(C)cc(C(=O)CN2C(=O)c3cccc([N+](=O)[O-])c3C2=O)c1C. The molecular formula is C20H21N3O6. The Balaban J connectivity index is 1.90. The second-order valence-corrected chi connectivity index (χ2v) is 7.04. The van der Waals surface area contributed by atoms with Crippen molar-refractivity contribution in [3.05, 3.63) is 62.5 Å². The zero-order chi connectivity index (χ0) is 21.5. The highest BCUT2D eigenvalue weighted by Gasteiger charge is 2.42. The number of hydrogen-bond donors (Lipinski definition) is 0. The van der Waals surface area contributed by atoms with Gasteiger partial charge in [-0.2, -0.15) is 0 Å². The molecule has 1 atom stereocenters. The van der Waals surface area contributed by atoms with Gasteiger partial charge in [-0.3, -0.25) is 29.4 Å². The number of fused-ring (bicyclic) bond motifs is 1. The molecule has 1 aliphatic rings. The molecule has 2 heterocycles. The van der Waals surface area contributed by atoms with Crippen LogP contribution >= 0.6 is 0 Å². The topological polar surface area (TPSA) is 112 Å². The standard InChI is InChI=1S/C20H21N3O6/c1-11-8-15(13(3)22(11)12(2)10-29-4)17(24)9-21-19(25)14-6-5-7-16(23(27)28)18(14)20(21)26/h5-8,12H,9-10H2,1-4H3/t12-/m0/s1. The number of Topliss-reactive ketones (excluding diaryl/α,β-unsaturated/α-hetero) is 1. The number of aromatic nitrogens is 1. The van der Waals surface area contributed by atoms with E-state index in [0.29, 0.717) is 17.9 Å². The van der Waals surface area contributed by atoms with Crippen LogP contribution in [0, 0.1) is 24.0 Å². The van der Waals surface area contributed by atoms with Crippen molar-refractivity contribution in [1.29, 1.82) is 0 Å². The lowest BCUT2D eigenvalue weighted by molar-refractivity contribution is -0.385. The molecule has 2 aromatic rings. The van der Waals surface area contributed by atoms with Crippen molar-refractivity contribution in [1.82, 2.24) is 9.47 Å². The van der Waals surface area contributed by atoms with Crippen molar-refractivity contribution in [3.8, 4) is 0 Å². The highest BCUT2D eigenvalue weighted by molar-refractivity contribution is 6.24. The molecule has 0 saturated heterocycles. The number of nitro benzene ring substituents is 1. The minimum Gasteiger partial charge on any atom is -0.383 e. The molecule has 1 aromatic heterocycles. The number of methoxy groups -OCH3 is 1. The van der Waals surface area contributed by atoms with E-state index in [-0.39, 0.29) is 17.2 Å². The van der Waals surface area contributed by atoms with Crippen LogP contribution in [-0.4, -0.2) is 52.2 Å². The molecule has 9 heteroatoms. The van der Waals surface area contributed by atoms with Crippen LogP contribution in [0.4, 0.5) is 5.69 Å². The van der Waals surface area contributed by atoms with Crippen molar-refractivity contribution in [2.24, 2.45) is 0 Å². The van der Waals surface area contributed by atoms with Gasteiger partial charge in [-0.25, -0.2) is 0 Å². The van der Waals surface area contributed by atoms with Gasteiger partial charge in [0.1, 0.15) is 5.56 Å². The first kappa shape index (κ1) is 20.4. The summed E-state index contributed by atoms with van der Waals surface area (Å²) in [5.74, 6) is -1.94. The summed E-state index contributed by atoms with van der Waals surface area (Å²) in [6, 6.07) is 5.58. The predicted octanol–water partition coefficient (Wildman–Crippen LogP) is 2.70. The summed E-state index contributed by atoms with van der Waals surface area (Å²) in [6.07, 6.45) is 0. The maximum Gasteiger partial charge on any atom is 0.282 e. The molecule has 0 bridgehead atoms. The Kier molecular flexibility index (Phi) is 5.34. The van der Waals surface area contributed by atoms with Crippen molar-refractivity contribution in [2.45, 2.75) is 26.8 Å². The number of nitrogens with zero attached hydrogens (tertiary/aromatic N) is 3. The van der Waals surface area contributed by atoms with E-state index in [2.05, 4.69) is 0 Å². The number of ether oxygens (including phenoxy) is 1. The third kappa shape index (κ3) is 3.33. The summed E-state index contributed by atoms with van der Waals surface area (Å²) in [5.41, 5.74) is 1.19. The molecule has 152 valence electrons. The van der Waals surface area contributed by atoms with Crippen LogP contribution < -0.4 is 0 Å². The van der Waals surface area contributed by atoms with Crippen molar-refractivity contribution in [2.75, 3.05) is 20.3 Å². The summed E-state index contributed by atoms with van der Waals surface area (Å²) in [5, 5.41) is 11.2. The van der Waals surface area contributed by atoms with E-state index in [1.54, 1.807) is 20.1 Å². The molecule has 9 nitrogen and oxygen atoms in total. The van der Waals surface area contributed by atoms with Crippen LogP contribution in [-0.2, 0) is 4.74 Å². The zero-order valence-electron chi connectivity index (χ0n) is 16.6. The van der Waals surface area contributed by atoms with Crippen LogP contribution in [0.5, 0.6) is 0 Å². The fourth-order valence-electron chi connectivity index (χ4n) is 3.89. The summed E-state index contributed by atoms with van der Waals surface area (Å²) in [6.45, 7) is 5.60. The minimum absolute atomic E-state index is 0.00325. The average molecular weight is 399 g/mol. The summed E-state index contributed by atoms with van der Waals surface area (Å²) >= 11 is 0. The second kappa shape index (κ2) is 7.59. The number of nitro groups is 1. The van der Waals surface area contributed by atoms with Crippen LogP contribution in [0.25, 0.3) is 0 Å². The molecule has 29 heavy (non-hydrogen) atoms. The molecule has 3 rings (SSSR count). The average Bonchev–Trinajstić information content (AvgIpc) is 3.10. The van der Waals surface area contributed by atoms with Gasteiger partial charge in [0, 0.05) is 30.1 Å². The number of rotatable bonds is 7. The molecule has 0 saturated carbocycles. The molecule has 0 N–H and O–H groups in total. The molecule has 2 amide bonds. The normalized spacial score (nSPS) is 14.3. The van der Waals surface area contributed by atoms with E-state index in [4.69, 9.17) is 4.74 Å². The fourth-order valence-corrected chi connectivity index (χ4v) is 3.89. The van der Waals surface area contributed by atoms with Crippen LogP contribution in [0.1, 0.15) is 55.4 Å². The molecule has 0 aliphatic carbocycles. The number of carbonyl (C=O) groups is 3. The highest BCUT2D eigenvalue weighted by Crippen LogP contribution is 2.31. The Bertz CT molecular complexity index is 1040. The molecular weight excluding hydrogens is 378 g/mol. The van der Waals surface area contributed by atoms with Gasteiger partial charge in [-0.15, -0.1) is 0 Å². The molecule has 1 aromatic carbocycles. The van der Waals surface area contributed by atoms with E-state index >= 15 is 0 Å². The largest absolute Gasteiger partial charge is 0.383 e. The van der Waals surface area contributed by atoms with Gasteiger partial charge in [-0.1, -0.05) is 6.07 Å². The second-order valence-electron chi connectivity index (χ2n) is 7.04. The number of carbonyl (C=O) groups excluding carboxylic acids is 3. The molecule has 1 aliphatic heterocycles. The van der Waals surface area contributed by atoms with Gasteiger partial charge in [0.15, 0.2) is 5.78 Å². The number of aryl methyl sites for hydroxylation is 1. The number of benzene rings is 1. The van der Waals surface area contributed by atoms with Crippen molar-refractivity contribution in [3.63, 3.8) is 0 Å². The summed E-state index contributed by atoms with van der Waals surface area (Å²) in [7, 11) is 1.60. The van der Waals surface area contributed by atoms with E-state index in [1.807, 2.05) is 18.4 Å². The first-order valence-corrected chi connectivity index (χ1v) is 9.03. The fraction of sp³-hybridized carbons (Fsp3) is 0.350. The Morgan fingerprint density at radius 1 is 1.24 bits per heavy atom. The van der Waals surface area contributed by atoms with Crippen molar-refractivity contribution < 1.29 is 24.0 Å². The first-order chi connectivity index (χ1) is 13.7. The van der Waals surface area contributed by atoms with E-state index in [9.17, 15) is 24.5 Å². The monoisotopic (exact) mass is 399 g/mol. The Hall–Kier alpha value is -3.33. The molecule has 0 unspecified atom stereocenters. The lowest BCUT2D eigenvalue weighted by atomic mass is 10.1. The smallest absolute Gasteiger partial charge is 0.282 e. The highest BCUT2D eigenvalue weighted by atomic mass is 16.6. The lowest BCUT2D eigenvalue weighted by Gasteiger charge is -2.18. The maximum atomic E-state index is 12.9. The first-order valence-electron chi connectivity index (χ1n) is 9.03. The van der Waals surface area contributed by atoms with Crippen LogP contribution in [0.15, 0.2) is 24.3 Å². The number of hydrogen-bond acceptors (Lipinski definition) is 6. The molecule has 0 spiro atoms. The minimum atomic E-state index is -0.827. The third-order valence-corrected chi connectivity index (χ3v) is 5.11. The number of ketones is 1. The zero-order valence-corrected chi connectivity index (χ0v) is 16.6. The lowest BCUT2D eigenvalue weighted by Crippen LogP contribution is -2.35. The summed E-state index contributed by atoms with van der Waals surface area (Å²) in [4.78, 5) is 49.5. The maximum absolute atomic E-state index is 12.9. The number of imide groups is 1.